The SMILES string of the molecule is CC(CS)COC1CC(C)CC(C)(C)C1. The Labute approximate surface area is 100 Å². The smallest absolute Gasteiger partial charge is 0.0582 e. The maximum absolute atomic E-state index is 5.99. The van der Waals surface area contributed by atoms with Gasteiger partial charge in [0.15, 0.2) is 0 Å². The molecule has 1 fully saturated rings. The molecule has 0 heterocycles. The van der Waals surface area contributed by atoms with Gasteiger partial charge in [0, 0.05) is 0 Å². The minimum Gasteiger partial charge on any atom is -0.378 e. The van der Waals surface area contributed by atoms with E-state index in [1.54, 1.807) is 0 Å². The molecule has 0 amide bonds. The fraction of sp³-hybridized carbons (Fsp3) is 1.00. The van der Waals surface area contributed by atoms with Gasteiger partial charge in [-0.2, -0.15) is 12.6 Å². The lowest BCUT2D eigenvalue weighted by Crippen LogP contribution is -2.33. The fourth-order valence-corrected chi connectivity index (χ4v) is 2.84. The predicted molar refractivity (Wildman–Crippen MR) is 69.6 cm³/mol. The van der Waals surface area contributed by atoms with Crippen molar-refractivity contribution in [3.05, 3.63) is 0 Å². The molecule has 0 radical (unpaired) electrons. The first kappa shape index (κ1) is 13.4. The van der Waals surface area contributed by atoms with Crippen LogP contribution in [0, 0.1) is 17.3 Å². The largest absolute Gasteiger partial charge is 0.378 e. The van der Waals surface area contributed by atoms with Gasteiger partial charge in [-0.15, -0.1) is 0 Å². The second-order valence-electron chi connectivity index (χ2n) is 6.16. The Balaban J connectivity index is 2.35. The van der Waals surface area contributed by atoms with Crippen molar-refractivity contribution in [2.75, 3.05) is 12.4 Å². The Morgan fingerprint density at radius 1 is 1.40 bits per heavy atom. The molecule has 3 atom stereocenters. The number of hydrogen-bond acceptors (Lipinski definition) is 2. The highest BCUT2D eigenvalue weighted by Crippen LogP contribution is 2.39. The second-order valence-corrected chi connectivity index (χ2v) is 6.52. The van der Waals surface area contributed by atoms with E-state index in [0.717, 1.165) is 18.3 Å². The lowest BCUT2D eigenvalue weighted by Gasteiger charge is -2.39. The van der Waals surface area contributed by atoms with Gasteiger partial charge in [0.25, 0.3) is 0 Å². The van der Waals surface area contributed by atoms with Crippen LogP contribution >= 0.6 is 12.6 Å². The molecule has 1 aliphatic carbocycles. The first-order valence-corrected chi connectivity index (χ1v) is 6.78. The van der Waals surface area contributed by atoms with Crippen molar-refractivity contribution in [2.45, 2.75) is 53.1 Å². The first-order valence-electron chi connectivity index (χ1n) is 6.15. The van der Waals surface area contributed by atoms with Gasteiger partial charge >= 0.3 is 0 Å². The zero-order valence-electron chi connectivity index (χ0n) is 10.6. The first-order chi connectivity index (χ1) is 6.93. The van der Waals surface area contributed by atoms with Crippen LogP contribution in [0.5, 0.6) is 0 Å². The molecule has 0 aromatic rings. The maximum Gasteiger partial charge on any atom is 0.0582 e. The van der Waals surface area contributed by atoms with Gasteiger partial charge in [-0.05, 0) is 42.3 Å². The van der Waals surface area contributed by atoms with Crippen LogP contribution in [0.2, 0.25) is 0 Å². The van der Waals surface area contributed by atoms with E-state index in [0.29, 0.717) is 17.4 Å². The standard InChI is InChI=1S/C13H26OS/c1-10-5-12(7-13(3,4)6-10)14-8-11(2)9-15/h10-12,15H,5-9H2,1-4H3. The molecule has 0 N–H and O–H groups in total. The third kappa shape index (κ3) is 4.78. The highest BCUT2D eigenvalue weighted by molar-refractivity contribution is 7.80. The monoisotopic (exact) mass is 230 g/mol. The quantitative estimate of drug-likeness (QED) is 0.723. The molecule has 1 aliphatic rings. The number of rotatable bonds is 4. The minimum atomic E-state index is 0.465. The summed E-state index contributed by atoms with van der Waals surface area (Å²) in [5.41, 5.74) is 0.465. The summed E-state index contributed by atoms with van der Waals surface area (Å²) in [6, 6.07) is 0. The van der Waals surface area contributed by atoms with E-state index < -0.39 is 0 Å². The number of hydrogen-bond donors (Lipinski definition) is 1. The Hall–Kier alpha value is 0.310. The summed E-state index contributed by atoms with van der Waals surface area (Å²) in [6.07, 6.45) is 4.28. The van der Waals surface area contributed by atoms with E-state index in [-0.39, 0.29) is 0 Å². The highest BCUT2D eigenvalue weighted by Gasteiger charge is 2.32. The molecule has 15 heavy (non-hydrogen) atoms. The van der Waals surface area contributed by atoms with Crippen molar-refractivity contribution >= 4 is 12.6 Å². The Morgan fingerprint density at radius 3 is 2.60 bits per heavy atom. The molecule has 0 aromatic carbocycles. The zero-order valence-corrected chi connectivity index (χ0v) is 11.5. The number of ether oxygens (including phenoxy) is 1. The molecule has 0 aromatic heterocycles. The van der Waals surface area contributed by atoms with Gasteiger partial charge in [-0.3, -0.25) is 0 Å². The van der Waals surface area contributed by atoms with Gasteiger partial charge in [0.2, 0.25) is 0 Å². The summed E-state index contributed by atoms with van der Waals surface area (Å²) >= 11 is 4.29. The summed E-state index contributed by atoms with van der Waals surface area (Å²) in [4.78, 5) is 0. The van der Waals surface area contributed by atoms with Crippen LogP contribution in [0.15, 0.2) is 0 Å². The molecular formula is C13H26OS. The average Bonchev–Trinajstić information content (AvgIpc) is 2.11. The minimum absolute atomic E-state index is 0.465. The summed E-state index contributed by atoms with van der Waals surface area (Å²) < 4.78 is 5.99. The third-order valence-electron chi connectivity index (χ3n) is 3.27. The number of thiol groups is 1. The van der Waals surface area contributed by atoms with Crippen molar-refractivity contribution < 1.29 is 4.74 Å². The van der Waals surface area contributed by atoms with Crippen LogP contribution in [-0.4, -0.2) is 18.5 Å². The van der Waals surface area contributed by atoms with E-state index in [2.05, 4.69) is 40.3 Å². The molecule has 90 valence electrons. The maximum atomic E-state index is 5.99. The zero-order chi connectivity index (χ0) is 11.5. The van der Waals surface area contributed by atoms with E-state index in [1.165, 1.54) is 19.3 Å². The van der Waals surface area contributed by atoms with Crippen molar-refractivity contribution in [2.24, 2.45) is 17.3 Å². The van der Waals surface area contributed by atoms with Crippen LogP contribution in [0.1, 0.15) is 47.0 Å². The molecule has 1 rings (SSSR count). The summed E-state index contributed by atoms with van der Waals surface area (Å²) in [7, 11) is 0. The molecule has 2 heteroatoms. The van der Waals surface area contributed by atoms with Gasteiger partial charge in [0.05, 0.1) is 12.7 Å². The van der Waals surface area contributed by atoms with Gasteiger partial charge in [0.1, 0.15) is 0 Å². The molecular weight excluding hydrogens is 204 g/mol. The fourth-order valence-electron chi connectivity index (χ4n) is 2.74. The van der Waals surface area contributed by atoms with Crippen molar-refractivity contribution in [3.63, 3.8) is 0 Å². The Bertz CT molecular complexity index is 191. The second kappa shape index (κ2) is 5.58. The van der Waals surface area contributed by atoms with Crippen LogP contribution in [0.4, 0.5) is 0 Å². The van der Waals surface area contributed by atoms with Gasteiger partial charge < -0.3 is 4.74 Å². The topological polar surface area (TPSA) is 9.23 Å². The lowest BCUT2D eigenvalue weighted by atomic mass is 9.71. The molecule has 0 saturated heterocycles. The molecule has 3 unspecified atom stereocenters. The summed E-state index contributed by atoms with van der Waals surface area (Å²) in [6.45, 7) is 10.1. The van der Waals surface area contributed by atoms with E-state index in [9.17, 15) is 0 Å². The molecule has 0 spiro atoms. The third-order valence-corrected chi connectivity index (χ3v) is 3.90. The summed E-state index contributed by atoms with van der Waals surface area (Å²) in [5, 5.41) is 0. The van der Waals surface area contributed by atoms with Gasteiger partial charge in [-0.25, -0.2) is 0 Å². The predicted octanol–water partition coefficient (Wildman–Crippen LogP) is 3.78. The van der Waals surface area contributed by atoms with Crippen molar-refractivity contribution in [3.8, 4) is 0 Å². The lowest BCUT2D eigenvalue weighted by molar-refractivity contribution is -0.0319. The van der Waals surface area contributed by atoms with E-state index >= 15 is 0 Å². The Morgan fingerprint density at radius 2 is 2.07 bits per heavy atom. The molecule has 0 bridgehead atoms. The van der Waals surface area contributed by atoms with Crippen molar-refractivity contribution in [1.82, 2.24) is 0 Å². The summed E-state index contributed by atoms with van der Waals surface area (Å²) in [5.74, 6) is 2.31. The van der Waals surface area contributed by atoms with Gasteiger partial charge in [-0.1, -0.05) is 27.7 Å². The van der Waals surface area contributed by atoms with Crippen LogP contribution in [-0.2, 0) is 4.74 Å². The van der Waals surface area contributed by atoms with E-state index in [4.69, 9.17) is 4.74 Å². The Kier molecular flexibility index (Phi) is 4.98. The van der Waals surface area contributed by atoms with Crippen LogP contribution < -0.4 is 0 Å². The average molecular weight is 230 g/mol. The normalized spacial score (nSPS) is 32.6. The van der Waals surface area contributed by atoms with Crippen LogP contribution in [0.3, 0.4) is 0 Å². The van der Waals surface area contributed by atoms with Crippen LogP contribution in [0.25, 0.3) is 0 Å². The molecule has 0 aliphatic heterocycles. The highest BCUT2D eigenvalue weighted by atomic mass is 32.1. The van der Waals surface area contributed by atoms with E-state index in [1.807, 2.05) is 0 Å². The van der Waals surface area contributed by atoms with Crippen molar-refractivity contribution in [1.29, 1.82) is 0 Å². The molecule has 1 nitrogen and oxygen atoms in total. The molecule has 1 saturated carbocycles.